The van der Waals surface area contributed by atoms with Crippen molar-refractivity contribution in [3.63, 3.8) is 0 Å². The van der Waals surface area contributed by atoms with Crippen molar-refractivity contribution in [2.75, 3.05) is 5.73 Å². The first-order valence-electron chi connectivity index (χ1n) is 19.0. The number of hydrogen-bond donors (Lipinski definition) is 1. The topological polar surface area (TPSA) is 30.9 Å². The highest BCUT2D eigenvalue weighted by Gasteiger charge is 2.47. The minimum absolute atomic E-state index is 0.506. The fraction of sp³-hybridized carbons (Fsp3) is 0.0189. The number of benzene rings is 9. The average Bonchev–Trinajstić information content (AvgIpc) is 3.75. The van der Waals surface area contributed by atoms with E-state index in [-0.39, 0.29) is 0 Å². The lowest BCUT2D eigenvalue weighted by molar-refractivity contribution is 0.768. The van der Waals surface area contributed by atoms with Crippen LogP contribution in [-0.2, 0) is 5.41 Å². The highest BCUT2D eigenvalue weighted by atomic mass is 15.0. The molecule has 1 aromatic heterocycles. The number of nitrogens with zero attached hydrogens (tertiary/aromatic N) is 1. The Morgan fingerprint density at radius 3 is 1.84 bits per heavy atom. The van der Waals surface area contributed by atoms with E-state index in [1.807, 2.05) is 6.07 Å². The van der Waals surface area contributed by atoms with E-state index in [1.54, 1.807) is 0 Å². The van der Waals surface area contributed by atoms with Crippen LogP contribution in [0.4, 0.5) is 5.69 Å². The van der Waals surface area contributed by atoms with Gasteiger partial charge in [0.15, 0.2) is 0 Å². The van der Waals surface area contributed by atoms with Crippen LogP contribution in [0.15, 0.2) is 206 Å². The van der Waals surface area contributed by atoms with Crippen molar-refractivity contribution in [3.8, 4) is 39.1 Å². The molecule has 0 bridgehead atoms. The summed E-state index contributed by atoms with van der Waals surface area (Å²) in [7, 11) is 0. The average molecular weight is 701 g/mol. The molecular formula is C53H36N2. The number of hydrogen-bond acceptors (Lipinski definition) is 1. The van der Waals surface area contributed by atoms with Gasteiger partial charge in [-0.1, -0.05) is 164 Å². The van der Waals surface area contributed by atoms with Crippen LogP contribution in [-0.4, -0.2) is 4.57 Å². The van der Waals surface area contributed by atoms with Crippen LogP contribution in [0.2, 0.25) is 0 Å². The van der Waals surface area contributed by atoms with Gasteiger partial charge in [0.1, 0.15) is 0 Å². The molecule has 0 amide bonds. The van der Waals surface area contributed by atoms with Crippen LogP contribution in [0.1, 0.15) is 22.3 Å². The zero-order chi connectivity index (χ0) is 36.5. The molecule has 1 heterocycles. The third-order valence-electron chi connectivity index (χ3n) is 11.8. The molecule has 2 N–H and O–H groups in total. The Morgan fingerprint density at radius 2 is 1.07 bits per heavy atom. The first-order valence-corrected chi connectivity index (χ1v) is 19.0. The molecule has 10 aromatic rings. The summed E-state index contributed by atoms with van der Waals surface area (Å²) in [6.07, 6.45) is 0. The van der Waals surface area contributed by atoms with Gasteiger partial charge in [0.05, 0.1) is 16.4 Å². The lowest BCUT2D eigenvalue weighted by Gasteiger charge is -2.34. The Balaban J connectivity index is 1.27. The molecule has 1 aliphatic rings. The van der Waals surface area contributed by atoms with E-state index in [0.29, 0.717) is 0 Å². The van der Waals surface area contributed by atoms with Crippen molar-refractivity contribution in [2.45, 2.75) is 5.41 Å². The number of anilines is 1. The molecule has 0 radical (unpaired) electrons. The second kappa shape index (κ2) is 12.2. The van der Waals surface area contributed by atoms with Gasteiger partial charge in [0.2, 0.25) is 0 Å². The van der Waals surface area contributed by atoms with Crippen LogP contribution in [0.25, 0.3) is 71.6 Å². The maximum Gasteiger partial charge on any atom is 0.0713 e. The van der Waals surface area contributed by atoms with Crippen LogP contribution in [0, 0.1) is 0 Å². The largest absolute Gasteiger partial charge is 0.399 e. The van der Waals surface area contributed by atoms with Crippen LogP contribution in [0.3, 0.4) is 0 Å². The van der Waals surface area contributed by atoms with Crippen molar-refractivity contribution in [3.05, 3.63) is 229 Å². The molecular weight excluding hydrogens is 665 g/mol. The van der Waals surface area contributed by atoms with E-state index >= 15 is 0 Å². The van der Waals surface area contributed by atoms with Gasteiger partial charge in [-0.05, 0) is 109 Å². The molecule has 0 saturated heterocycles. The molecule has 9 aromatic carbocycles. The van der Waals surface area contributed by atoms with Crippen LogP contribution in [0.5, 0.6) is 0 Å². The number of para-hydroxylation sites is 1. The molecule has 258 valence electrons. The number of nitrogen functional groups attached to an aromatic ring is 1. The van der Waals surface area contributed by atoms with Crippen molar-refractivity contribution in [1.29, 1.82) is 0 Å². The van der Waals surface area contributed by atoms with Gasteiger partial charge in [0.25, 0.3) is 0 Å². The van der Waals surface area contributed by atoms with Gasteiger partial charge in [0, 0.05) is 22.1 Å². The minimum atomic E-state index is -0.506. The predicted molar refractivity (Wildman–Crippen MR) is 231 cm³/mol. The molecule has 55 heavy (non-hydrogen) atoms. The van der Waals surface area contributed by atoms with Gasteiger partial charge >= 0.3 is 0 Å². The number of aromatic nitrogens is 1. The summed E-state index contributed by atoms with van der Waals surface area (Å²) in [5, 5.41) is 4.99. The van der Waals surface area contributed by atoms with Gasteiger partial charge in [-0.3, -0.25) is 0 Å². The lowest BCUT2D eigenvalue weighted by Crippen LogP contribution is -2.28. The third kappa shape index (κ3) is 4.55. The summed E-state index contributed by atoms with van der Waals surface area (Å²) in [6.45, 7) is 0. The molecule has 0 spiro atoms. The lowest BCUT2D eigenvalue weighted by atomic mass is 9.67. The molecule has 11 rings (SSSR count). The molecule has 0 fully saturated rings. The highest BCUT2D eigenvalue weighted by Crippen LogP contribution is 2.59. The summed E-state index contributed by atoms with van der Waals surface area (Å²) in [5.74, 6) is 0. The summed E-state index contributed by atoms with van der Waals surface area (Å²) in [4.78, 5) is 0. The van der Waals surface area contributed by atoms with E-state index in [2.05, 4.69) is 205 Å². The molecule has 2 heteroatoms. The van der Waals surface area contributed by atoms with Crippen molar-refractivity contribution >= 4 is 38.3 Å². The second-order valence-corrected chi connectivity index (χ2v) is 14.6. The third-order valence-corrected chi connectivity index (χ3v) is 11.8. The van der Waals surface area contributed by atoms with Gasteiger partial charge in [-0.25, -0.2) is 0 Å². The van der Waals surface area contributed by atoms with Crippen molar-refractivity contribution in [1.82, 2.24) is 4.57 Å². The zero-order valence-corrected chi connectivity index (χ0v) is 30.2. The van der Waals surface area contributed by atoms with Gasteiger partial charge in [-0.15, -0.1) is 0 Å². The normalized spacial score (nSPS) is 12.9. The maximum absolute atomic E-state index is 6.60. The number of rotatable bonds is 5. The molecule has 0 unspecified atom stereocenters. The summed E-state index contributed by atoms with van der Waals surface area (Å²) in [5.41, 5.74) is 22.6. The predicted octanol–water partition coefficient (Wildman–Crippen LogP) is 13.2. The molecule has 1 aliphatic carbocycles. The van der Waals surface area contributed by atoms with E-state index in [4.69, 9.17) is 5.73 Å². The van der Waals surface area contributed by atoms with E-state index < -0.39 is 5.41 Å². The first-order chi connectivity index (χ1) is 27.2. The van der Waals surface area contributed by atoms with Crippen molar-refractivity contribution in [2.24, 2.45) is 0 Å². The quantitative estimate of drug-likeness (QED) is 0.178. The summed E-state index contributed by atoms with van der Waals surface area (Å²) in [6, 6.07) is 75.2. The molecule has 0 saturated carbocycles. The smallest absolute Gasteiger partial charge is 0.0713 e. The Kier molecular flexibility index (Phi) is 6.96. The monoisotopic (exact) mass is 700 g/mol. The SMILES string of the molecule is Nc1cccc(-c2c(-c3ccc4c(c3)c3c5ccccc5ccc3n4-c3ccccc3)ccc3c2-c2ccccc2C3(c2ccccc2)c2ccccc2)c1. The minimum Gasteiger partial charge on any atom is -0.399 e. The summed E-state index contributed by atoms with van der Waals surface area (Å²) >= 11 is 0. The fourth-order valence-corrected chi connectivity index (χ4v) is 9.58. The standard InChI is InChI=1S/C53H36N2/c54-40-21-14-16-37(33-40)50-43(29-30-47-52(50)44-25-12-13-26-46(44)53(47,38-17-4-1-5-18-38)39-19-6-2-7-20-39)36-28-31-48-45(34-36)51-42-24-11-10-15-35(42)27-32-49(51)55(48)41-22-8-3-9-23-41/h1-34H,54H2. The molecule has 0 aliphatic heterocycles. The van der Waals surface area contributed by atoms with Gasteiger partial charge < -0.3 is 10.3 Å². The summed E-state index contributed by atoms with van der Waals surface area (Å²) < 4.78 is 2.41. The fourth-order valence-electron chi connectivity index (χ4n) is 9.58. The first kappa shape index (κ1) is 31.4. The maximum atomic E-state index is 6.60. The van der Waals surface area contributed by atoms with E-state index in [0.717, 1.165) is 16.9 Å². The Hall–Kier alpha value is -7.16. The number of nitrogens with two attached hydrogens (primary N) is 1. The Labute approximate surface area is 320 Å². The van der Waals surface area contributed by atoms with E-state index in [1.165, 1.54) is 82.6 Å². The van der Waals surface area contributed by atoms with Crippen LogP contribution < -0.4 is 5.73 Å². The van der Waals surface area contributed by atoms with Gasteiger partial charge in [-0.2, -0.15) is 0 Å². The highest BCUT2D eigenvalue weighted by molar-refractivity contribution is 6.22. The zero-order valence-electron chi connectivity index (χ0n) is 30.2. The Morgan fingerprint density at radius 1 is 0.400 bits per heavy atom. The van der Waals surface area contributed by atoms with Crippen molar-refractivity contribution < 1.29 is 0 Å². The van der Waals surface area contributed by atoms with E-state index in [9.17, 15) is 0 Å². The molecule has 0 atom stereocenters. The Bertz CT molecular complexity index is 3050. The number of fused-ring (bicyclic) bond motifs is 8. The second-order valence-electron chi connectivity index (χ2n) is 14.6. The van der Waals surface area contributed by atoms with Crippen LogP contribution >= 0.6 is 0 Å². The molecule has 2 nitrogen and oxygen atoms in total.